The molecule has 17 heavy (non-hydrogen) atoms. The zero-order chi connectivity index (χ0) is 12.9. The molecule has 1 amide bonds. The van der Waals surface area contributed by atoms with Crippen molar-refractivity contribution < 1.29 is 9.69 Å². The lowest BCUT2D eigenvalue weighted by atomic mass is 9.90. The van der Waals surface area contributed by atoms with Gasteiger partial charge in [-0.15, -0.1) is 0 Å². The van der Waals surface area contributed by atoms with Crippen LogP contribution in [-0.4, -0.2) is 31.1 Å². The first kappa shape index (κ1) is 14.0. The smallest absolute Gasteiger partial charge is 0.276 e. The lowest BCUT2D eigenvalue weighted by Gasteiger charge is -2.29. The van der Waals surface area contributed by atoms with Gasteiger partial charge >= 0.3 is 0 Å². The second kappa shape index (κ2) is 6.02. The molecule has 96 valence electrons. The highest BCUT2D eigenvalue weighted by Crippen LogP contribution is 2.14. The maximum Gasteiger partial charge on any atom is 0.276 e. The minimum absolute atomic E-state index is 0.000324. The fraction of sp³-hybridized carbons (Fsp3) is 0.846. The molecule has 0 aromatic heterocycles. The Hall–Kier alpha value is -1.08. The summed E-state index contributed by atoms with van der Waals surface area (Å²) >= 11 is 0. The summed E-state index contributed by atoms with van der Waals surface area (Å²) < 4.78 is 0. The van der Waals surface area contributed by atoms with E-state index in [1.54, 1.807) is 6.92 Å². The van der Waals surface area contributed by atoms with Crippen molar-refractivity contribution in [2.75, 3.05) is 19.6 Å². The summed E-state index contributed by atoms with van der Waals surface area (Å²) in [6.07, 6.45) is 3.71. The number of rotatable bonds is 4. The lowest BCUT2D eigenvalue weighted by molar-refractivity contribution is -0.896. The van der Waals surface area contributed by atoms with Crippen LogP contribution >= 0.6 is 0 Å². The van der Waals surface area contributed by atoms with Gasteiger partial charge in [0.15, 0.2) is 6.54 Å². The standard InChI is InChI=1S/C13H23N3O/c1-11(2)13(3,10-14)15-12(17)9-16-7-5-4-6-8-16/h11H,4-9H2,1-3H3,(H,15,17)/p+1/t13-/m0/s1. The van der Waals surface area contributed by atoms with E-state index in [9.17, 15) is 4.79 Å². The van der Waals surface area contributed by atoms with Gasteiger partial charge < -0.3 is 10.2 Å². The van der Waals surface area contributed by atoms with E-state index in [4.69, 9.17) is 5.26 Å². The number of hydrogen-bond acceptors (Lipinski definition) is 2. The Balaban J connectivity index is 2.45. The fourth-order valence-corrected chi connectivity index (χ4v) is 2.09. The SMILES string of the molecule is CC(C)[C@](C)(C#N)NC(=O)C[NH+]1CCCCC1. The Morgan fingerprint density at radius 2 is 2.00 bits per heavy atom. The Kier molecular flexibility index (Phi) is 4.95. The van der Waals surface area contributed by atoms with Crippen LogP contribution in [0.5, 0.6) is 0 Å². The minimum atomic E-state index is -0.744. The van der Waals surface area contributed by atoms with Crippen LogP contribution in [0.1, 0.15) is 40.0 Å². The Morgan fingerprint density at radius 1 is 1.41 bits per heavy atom. The summed E-state index contributed by atoms with van der Waals surface area (Å²) in [6.45, 7) is 8.37. The molecule has 2 N–H and O–H groups in total. The van der Waals surface area contributed by atoms with Gasteiger partial charge in [-0.1, -0.05) is 13.8 Å². The number of piperidine rings is 1. The number of nitriles is 1. The van der Waals surface area contributed by atoms with E-state index in [2.05, 4.69) is 11.4 Å². The van der Waals surface area contributed by atoms with Gasteiger partial charge in [-0.2, -0.15) is 5.26 Å². The van der Waals surface area contributed by atoms with E-state index in [-0.39, 0.29) is 11.8 Å². The molecule has 0 radical (unpaired) electrons. The number of nitrogens with one attached hydrogen (secondary N) is 2. The number of hydrogen-bond donors (Lipinski definition) is 2. The molecule has 1 aliphatic rings. The number of carbonyl (C=O) groups is 1. The van der Waals surface area contributed by atoms with Gasteiger partial charge in [0.25, 0.3) is 5.91 Å². The second-order valence-corrected chi connectivity index (χ2v) is 5.50. The van der Waals surface area contributed by atoms with E-state index in [0.29, 0.717) is 6.54 Å². The van der Waals surface area contributed by atoms with Crippen LogP contribution in [0, 0.1) is 17.2 Å². The highest BCUT2D eigenvalue weighted by molar-refractivity contribution is 5.78. The van der Waals surface area contributed by atoms with Crippen LogP contribution in [0.15, 0.2) is 0 Å². The molecular formula is C13H24N3O+. The Bertz CT molecular complexity index is 302. The molecule has 1 rings (SSSR count). The first-order valence-corrected chi connectivity index (χ1v) is 6.54. The van der Waals surface area contributed by atoms with Gasteiger partial charge in [0.1, 0.15) is 5.54 Å². The van der Waals surface area contributed by atoms with E-state index in [1.807, 2.05) is 13.8 Å². The summed E-state index contributed by atoms with van der Waals surface area (Å²) in [5, 5.41) is 12.0. The van der Waals surface area contributed by atoms with Crippen LogP contribution in [-0.2, 0) is 4.79 Å². The van der Waals surface area contributed by atoms with Crippen LogP contribution in [0.4, 0.5) is 0 Å². The zero-order valence-corrected chi connectivity index (χ0v) is 11.2. The third kappa shape index (κ3) is 4.01. The number of amides is 1. The van der Waals surface area contributed by atoms with Crippen molar-refractivity contribution in [3.8, 4) is 6.07 Å². The minimum Gasteiger partial charge on any atom is -0.333 e. The van der Waals surface area contributed by atoms with Crippen molar-refractivity contribution in [2.45, 2.75) is 45.6 Å². The van der Waals surface area contributed by atoms with Gasteiger partial charge in [-0.25, -0.2) is 0 Å². The quantitative estimate of drug-likeness (QED) is 0.730. The molecule has 1 heterocycles. The third-order valence-corrected chi connectivity index (χ3v) is 3.76. The molecule has 4 heteroatoms. The maximum atomic E-state index is 11.9. The molecule has 1 atom stereocenters. The van der Waals surface area contributed by atoms with Crippen LogP contribution < -0.4 is 10.2 Å². The first-order chi connectivity index (χ1) is 7.98. The molecule has 0 bridgehead atoms. The van der Waals surface area contributed by atoms with Crippen molar-refractivity contribution in [3.63, 3.8) is 0 Å². The molecule has 1 aliphatic heterocycles. The highest BCUT2D eigenvalue weighted by atomic mass is 16.2. The normalized spacial score (nSPS) is 20.6. The van der Waals surface area contributed by atoms with Crippen LogP contribution in [0.3, 0.4) is 0 Å². The van der Waals surface area contributed by atoms with E-state index < -0.39 is 5.54 Å². The topological polar surface area (TPSA) is 57.3 Å². The van der Waals surface area contributed by atoms with Gasteiger partial charge in [0, 0.05) is 0 Å². The number of likely N-dealkylation sites (tertiary alicyclic amines) is 1. The van der Waals surface area contributed by atoms with Crippen molar-refractivity contribution in [2.24, 2.45) is 5.92 Å². The summed E-state index contributed by atoms with van der Waals surface area (Å²) in [6, 6.07) is 2.20. The maximum absolute atomic E-state index is 11.9. The third-order valence-electron chi connectivity index (χ3n) is 3.76. The second-order valence-electron chi connectivity index (χ2n) is 5.50. The molecule has 0 spiro atoms. The monoisotopic (exact) mass is 238 g/mol. The molecule has 4 nitrogen and oxygen atoms in total. The van der Waals surface area contributed by atoms with E-state index in [0.717, 1.165) is 13.1 Å². The molecule has 0 aromatic carbocycles. The van der Waals surface area contributed by atoms with Crippen molar-refractivity contribution >= 4 is 5.91 Å². The summed E-state index contributed by atoms with van der Waals surface area (Å²) in [5.74, 6) is 0.118. The zero-order valence-electron chi connectivity index (χ0n) is 11.2. The number of quaternary nitrogens is 1. The molecule has 0 aromatic rings. The van der Waals surface area contributed by atoms with Crippen molar-refractivity contribution in [3.05, 3.63) is 0 Å². The van der Waals surface area contributed by atoms with Crippen LogP contribution in [0.2, 0.25) is 0 Å². The highest BCUT2D eigenvalue weighted by Gasteiger charge is 2.31. The van der Waals surface area contributed by atoms with Crippen molar-refractivity contribution in [1.29, 1.82) is 5.26 Å². The van der Waals surface area contributed by atoms with Gasteiger partial charge in [-0.05, 0) is 32.1 Å². The molecule has 0 unspecified atom stereocenters. The fourth-order valence-electron chi connectivity index (χ4n) is 2.09. The molecule has 1 saturated heterocycles. The number of nitrogens with zero attached hydrogens (tertiary/aromatic N) is 1. The first-order valence-electron chi connectivity index (χ1n) is 6.54. The summed E-state index contributed by atoms with van der Waals surface area (Å²) in [5.41, 5.74) is -0.744. The van der Waals surface area contributed by atoms with Gasteiger partial charge in [0.2, 0.25) is 0 Å². The average molecular weight is 238 g/mol. The largest absolute Gasteiger partial charge is 0.333 e. The van der Waals surface area contributed by atoms with Crippen LogP contribution in [0.25, 0.3) is 0 Å². The van der Waals surface area contributed by atoms with Crippen molar-refractivity contribution in [1.82, 2.24) is 5.32 Å². The molecular weight excluding hydrogens is 214 g/mol. The predicted molar refractivity (Wildman–Crippen MR) is 66.4 cm³/mol. The molecule has 1 fully saturated rings. The Morgan fingerprint density at radius 3 is 2.47 bits per heavy atom. The molecule has 0 aliphatic carbocycles. The summed E-state index contributed by atoms with van der Waals surface area (Å²) in [7, 11) is 0. The summed E-state index contributed by atoms with van der Waals surface area (Å²) in [4.78, 5) is 13.3. The van der Waals surface area contributed by atoms with E-state index in [1.165, 1.54) is 24.2 Å². The Labute approximate surface area is 104 Å². The number of carbonyl (C=O) groups excluding carboxylic acids is 1. The average Bonchev–Trinajstić information content (AvgIpc) is 2.29. The van der Waals surface area contributed by atoms with Gasteiger partial charge in [0.05, 0.1) is 19.2 Å². The molecule has 0 saturated carbocycles. The lowest BCUT2D eigenvalue weighted by Crippen LogP contribution is -3.14. The predicted octanol–water partition coefficient (Wildman–Crippen LogP) is 0.110. The van der Waals surface area contributed by atoms with E-state index >= 15 is 0 Å². The van der Waals surface area contributed by atoms with Gasteiger partial charge in [-0.3, -0.25) is 4.79 Å².